The topological polar surface area (TPSA) is 75.6 Å². The number of ether oxygens (including phenoxy) is 1. The van der Waals surface area contributed by atoms with Gasteiger partial charge in [-0.15, -0.1) is 11.8 Å². The summed E-state index contributed by atoms with van der Waals surface area (Å²) in [5.41, 5.74) is 0. The number of hydrogen-bond acceptors (Lipinski definition) is 4. The molecule has 1 aromatic rings. The van der Waals surface area contributed by atoms with Crippen molar-refractivity contribution in [1.82, 2.24) is 5.32 Å². The van der Waals surface area contributed by atoms with Crippen LogP contribution in [0.1, 0.15) is 32.6 Å². The first-order valence-corrected chi connectivity index (χ1v) is 8.34. The van der Waals surface area contributed by atoms with E-state index >= 15 is 0 Å². The number of methoxy groups -OCH3 is 1. The summed E-state index contributed by atoms with van der Waals surface area (Å²) >= 11 is 1.56. The van der Waals surface area contributed by atoms with E-state index in [2.05, 4.69) is 5.32 Å². The van der Waals surface area contributed by atoms with E-state index < -0.39 is 12.0 Å². The monoisotopic (exact) mass is 325 g/mol. The molecule has 5 nitrogen and oxygen atoms in total. The maximum absolute atomic E-state index is 11.8. The molecular formula is C16H23NO4S. The average molecular weight is 325 g/mol. The van der Waals surface area contributed by atoms with Crippen molar-refractivity contribution in [3.8, 4) is 5.75 Å². The number of carboxylic acid groups (broad SMARTS) is 1. The minimum Gasteiger partial charge on any atom is -0.497 e. The van der Waals surface area contributed by atoms with Gasteiger partial charge in [0.1, 0.15) is 11.8 Å². The number of rotatable bonds is 10. The molecule has 22 heavy (non-hydrogen) atoms. The van der Waals surface area contributed by atoms with E-state index in [4.69, 9.17) is 9.84 Å². The van der Waals surface area contributed by atoms with Gasteiger partial charge >= 0.3 is 5.97 Å². The quantitative estimate of drug-likeness (QED) is 0.647. The highest BCUT2D eigenvalue weighted by atomic mass is 32.2. The van der Waals surface area contributed by atoms with Crippen molar-refractivity contribution in [2.75, 3.05) is 12.9 Å². The number of carboxylic acids is 1. The van der Waals surface area contributed by atoms with Gasteiger partial charge in [0.2, 0.25) is 5.91 Å². The number of carbonyl (C=O) groups is 2. The number of nitrogens with one attached hydrogen (secondary N) is 1. The van der Waals surface area contributed by atoms with E-state index in [1.54, 1.807) is 18.9 Å². The van der Waals surface area contributed by atoms with Gasteiger partial charge in [0.05, 0.1) is 7.11 Å². The van der Waals surface area contributed by atoms with Gasteiger partial charge in [-0.25, -0.2) is 4.79 Å². The molecule has 0 aliphatic heterocycles. The lowest BCUT2D eigenvalue weighted by molar-refractivity contribution is -0.142. The normalized spacial score (nSPS) is 11.7. The fraction of sp³-hybridized carbons (Fsp3) is 0.500. The Bertz CT molecular complexity index is 476. The molecule has 1 atom stereocenters. The maximum Gasteiger partial charge on any atom is 0.326 e. The summed E-state index contributed by atoms with van der Waals surface area (Å²) in [6.07, 6.45) is 2.47. The summed E-state index contributed by atoms with van der Waals surface area (Å²) in [6, 6.07) is 6.82. The summed E-state index contributed by atoms with van der Waals surface area (Å²) in [7, 11) is 1.61. The third kappa shape index (κ3) is 6.85. The van der Waals surface area contributed by atoms with E-state index in [1.807, 2.05) is 31.2 Å². The molecule has 0 aliphatic rings. The molecule has 122 valence electrons. The number of unbranched alkanes of at least 4 members (excludes halogenated alkanes) is 1. The van der Waals surface area contributed by atoms with Gasteiger partial charge < -0.3 is 15.2 Å². The third-order valence-electron chi connectivity index (χ3n) is 3.14. The van der Waals surface area contributed by atoms with Crippen molar-refractivity contribution in [3.05, 3.63) is 24.3 Å². The number of hydrogen-bond donors (Lipinski definition) is 2. The standard InChI is InChI=1S/C16H23NO4S/c1-3-4-5-14(16(19)20)17-15(18)10-11-22-13-8-6-12(21-2)7-9-13/h6-9,14H,3-5,10-11H2,1-2H3,(H,17,18)(H,19,20). The van der Waals surface area contributed by atoms with Gasteiger partial charge in [0, 0.05) is 17.1 Å². The Labute approximate surface area is 135 Å². The van der Waals surface area contributed by atoms with Gasteiger partial charge in [-0.05, 0) is 30.7 Å². The summed E-state index contributed by atoms with van der Waals surface area (Å²) < 4.78 is 5.08. The fourth-order valence-electron chi connectivity index (χ4n) is 1.87. The van der Waals surface area contributed by atoms with E-state index in [9.17, 15) is 9.59 Å². The van der Waals surface area contributed by atoms with Crippen LogP contribution in [0.3, 0.4) is 0 Å². The Balaban J connectivity index is 2.33. The van der Waals surface area contributed by atoms with Gasteiger partial charge in [-0.2, -0.15) is 0 Å². The Morgan fingerprint density at radius 3 is 2.55 bits per heavy atom. The molecule has 0 radical (unpaired) electrons. The SMILES string of the molecule is CCCCC(NC(=O)CCSc1ccc(OC)cc1)C(=O)O. The van der Waals surface area contributed by atoms with Crippen LogP contribution in [0.4, 0.5) is 0 Å². The number of benzene rings is 1. The van der Waals surface area contributed by atoms with Crippen LogP contribution in [-0.2, 0) is 9.59 Å². The lowest BCUT2D eigenvalue weighted by Crippen LogP contribution is -2.40. The molecule has 1 unspecified atom stereocenters. The molecule has 0 bridgehead atoms. The molecule has 0 saturated heterocycles. The molecule has 0 heterocycles. The lowest BCUT2D eigenvalue weighted by atomic mass is 10.1. The maximum atomic E-state index is 11.8. The van der Waals surface area contributed by atoms with Crippen molar-refractivity contribution in [2.45, 2.75) is 43.5 Å². The molecule has 1 amide bonds. The third-order valence-corrected chi connectivity index (χ3v) is 4.15. The van der Waals surface area contributed by atoms with Crippen LogP contribution in [0, 0.1) is 0 Å². The Kier molecular flexibility index (Phi) is 8.43. The predicted molar refractivity (Wildman–Crippen MR) is 87.4 cm³/mol. The summed E-state index contributed by atoms with van der Waals surface area (Å²) in [4.78, 5) is 23.9. The fourth-order valence-corrected chi connectivity index (χ4v) is 2.72. The first-order valence-electron chi connectivity index (χ1n) is 7.35. The molecular weight excluding hydrogens is 302 g/mol. The minimum absolute atomic E-state index is 0.218. The second-order valence-electron chi connectivity index (χ2n) is 4.87. The van der Waals surface area contributed by atoms with Crippen LogP contribution in [0.15, 0.2) is 29.2 Å². The highest BCUT2D eigenvalue weighted by Crippen LogP contribution is 2.21. The zero-order chi connectivity index (χ0) is 16.4. The highest BCUT2D eigenvalue weighted by Gasteiger charge is 2.18. The zero-order valence-corrected chi connectivity index (χ0v) is 13.8. The van der Waals surface area contributed by atoms with Crippen molar-refractivity contribution in [2.24, 2.45) is 0 Å². The zero-order valence-electron chi connectivity index (χ0n) is 13.0. The van der Waals surface area contributed by atoms with Crippen molar-refractivity contribution >= 4 is 23.6 Å². The smallest absolute Gasteiger partial charge is 0.326 e. The molecule has 2 N–H and O–H groups in total. The largest absolute Gasteiger partial charge is 0.497 e. The van der Waals surface area contributed by atoms with Gasteiger partial charge in [0.15, 0.2) is 0 Å². The van der Waals surface area contributed by atoms with Crippen molar-refractivity contribution in [1.29, 1.82) is 0 Å². The minimum atomic E-state index is -0.968. The van der Waals surface area contributed by atoms with Crippen LogP contribution in [0.25, 0.3) is 0 Å². The predicted octanol–water partition coefficient (Wildman–Crippen LogP) is 2.94. The number of aliphatic carboxylic acids is 1. The van der Waals surface area contributed by atoms with Crippen molar-refractivity contribution in [3.63, 3.8) is 0 Å². The summed E-state index contributed by atoms with van der Waals surface area (Å²) in [6.45, 7) is 1.99. The number of carbonyl (C=O) groups excluding carboxylic acids is 1. The number of thioether (sulfide) groups is 1. The van der Waals surface area contributed by atoms with Crippen LogP contribution < -0.4 is 10.1 Å². The molecule has 1 aromatic carbocycles. The molecule has 0 aromatic heterocycles. The lowest BCUT2D eigenvalue weighted by Gasteiger charge is -2.13. The molecule has 0 fully saturated rings. The summed E-state index contributed by atoms with van der Waals surface area (Å²) in [5, 5.41) is 11.7. The van der Waals surface area contributed by atoms with E-state index in [0.717, 1.165) is 23.5 Å². The Morgan fingerprint density at radius 2 is 2.00 bits per heavy atom. The van der Waals surface area contributed by atoms with Crippen LogP contribution >= 0.6 is 11.8 Å². The van der Waals surface area contributed by atoms with Crippen LogP contribution in [0.5, 0.6) is 5.75 Å². The van der Waals surface area contributed by atoms with E-state index in [0.29, 0.717) is 18.6 Å². The Hall–Kier alpha value is -1.69. The second kappa shape index (κ2) is 10.1. The first-order chi connectivity index (χ1) is 10.6. The first kappa shape index (κ1) is 18.4. The summed E-state index contributed by atoms with van der Waals surface area (Å²) in [5.74, 6) is 0.217. The van der Waals surface area contributed by atoms with Crippen LogP contribution in [-0.4, -0.2) is 35.9 Å². The molecule has 0 saturated carbocycles. The molecule has 6 heteroatoms. The number of amides is 1. The Morgan fingerprint density at radius 1 is 1.32 bits per heavy atom. The molecule has 1 rings (SSSR count). The highest BCUT2D eigenvalue weighted by molar-refractivity contribution is 7.99. The van der Waals surface area contributed by atoms with Gasteiger partial charge in [-0.1, -0.05) is 19.8 Å². The average Bonchev–Trinajstić information content (AvgIpc) is 2.51. The van der Waals surface area contributed by atoms with E-state index in [1.165, 1.54) is 0 Å². The molecule has 0 spiro atoms. The van der Waals surface area contributed by atoms with Gasteiger partial charge in [0.25, 0.3) is 0 Å². The molecule has 0 aliphatic carbocycles. The van der Waals surface area contributed by atoms with Gasteiger partial charge in [-0.3, -0.25) is 4.79 Å². The second-order valence-corrected chi connectivity index (χ2v) is 6.04. The van der Waals surface area contributed by atoms with Crippen molar-refractivity contribution < 1.29 is 19.4 Å². The van der Waals surface area contributed by atoms with E-state index in [-0.39, 0.29) is 5.91 Å². The van der Waals surface area contributed by atoms with Crippen LogP contribution in [0.2, 0.25) is 0 Å².